The lowest BCUT2D eigenvalue weighted by Crippen LogP contribution is -2.20. The first-order valence-corrected chi connectivity index (χ1v) is 10.7. The molecule has 0 unspecified atom stereocenters. The van der Waals surface area contributed by atoms with Crippen LogP contribution in [0.5, 0.6) is 0 Å². The van der Waals surface area contributed by atoms with Crippen LogP contribution >= 0.6 is 11.3 Å². The van der Waals surface area contributed by atoms with Crippen molar-refractivity contribution >= 4 is 33.1 Å². The molecule has 152 valence electrons. The Morgan fingerprint density at radius 2 is 1.97 bits per heavy atom. The zero-order valence-electron chi connectivity index (χ0n) is 16.4. The fourth-order valence-electron chi connectivity index (χ4n) is 3.74. The Kier molecular flexibility index (Phi) is 4.83. The molecule has 5 rings (SSSR count). The van der Waals surface area contributed by atoms with Crippen molar-refractivity contribution in [2.24, 2.45) is 0 Å². The maximum Gasteiger partial charge on any atom is 0.146 e. The molecule has 1 aliphatic heterocycles. The molecule has 0 bridgehead atoms. The van der Waals surface area contributed by atoms with Crippen molar-refractivity contribution in [1.82, 2.24) is 9.97 Å². The van der Waals surface area contributed by atoms with E-state index in [-0.39, 0.29) is 5.82 Å². The molecule has 4 aromatic rings. The van der Waals surface area contributed by atoms with Gasteiger partial charge in [-0.15, -0.1) is 11.3 Å². The Hall–Kier alpha value is -3.06. The SMILES string of the molecule is CNc1ccc(-c2cc3ccc(-c4ccc(N5CC[C@@H](F)C5)nc4)nc3s2)cc1F. The molecule has 0 saturated carbocycles. The van der Waals surface area contributed by atoms with Gasteiger partial charge in [0.2, 0.25) is 0 Å². The lowest BCUT2D eigenvalue weighted by atomic mass is 10.1. The number of hydrogen-bond donors (Lipinski definition) is 1. The summed E-state index contributed by atoms with van der Waals surface area (Å²) in [4.78, 5) is 13.1. The number of halogens is 2. The first kappa shape index (κ1) is 18.9. The molecule has 0 amide bonds. The van der Waals surface area contributed by atoms with Crippen molar-refractivity contribution in [1.29, 1.82) is 0 Å². The van der Waals surface area contributed by atoms with Crippen LogP contribution in [0.2, 0.25) is 0 Å². The van der Waals surface area contributed by atoms with E-state index in [1.165, 1.54) is 11.3 Å². The maximum atomic E-state index is 14.1. The van der Waals surface area contributed by atoms with Crippen molar-refractivity contribution in [3.05, 3.63) is 60.5 Å². The van der Waals surface area contributed by atoms with Gasteiger partial charge in [-0.2, -0.15) is 0 Å². The van der Waals surface area contributed by atoms with E-state index in [1.807, 2.05) is 41.3 Å². The Morgan fingerprint density at radius 3 is 2.67 bits per heavy atom. The third-order valence-corrected chi connectivity index (χ3v) is 6.50. The highest BCUT2D eigenvalue weighted by Crippen LogP contribution is 2.35. The number of hydrogen-bond acceptors (Lipinski definition) is 5. The molecule has 0 aliphatic carbocycles. The Morgan fingerprint density at radius 1 is 1.10 bits per heavy atom. The van der Waals surface area contributed by atoms with E-state index in [0.717, 1.165) is 37.7 Å². The molecular formula is C23H20F2N4S. The molecule has 1 fully saturated rings. The molecule has 3 aromatic heterocycles. The van der Waals surface area contributed by atoms with Crippen LogP contribution in [0.4, 0.5) is 20.3 Å². The predicted molar refractivity (Wildman–Crippen MR) is 120 cm³/mol. The van der Waals surface area contributed by atoms with Crippen molar-refractivity contribution < 1.29 is 8.78 Å². The molecular weight excluding hydrogens is 402 g/mol. The fourth-order valence-corrected chi connectivity index (χ4v) is 4.77. The summed E-state index contributed by atoms with van der Waals surface area (Å²) in [6, 6.07) is 15.1. The van der Waals surface area contributed by atoms with Gasteiger partial charge in [0, 0.05) is 35.6 Å². The van der Waals surface area contributed by atoms with Gasteiger partial charge >= 0.3 is 0 Å². The van der Waals surface area contributed by atoms with Gasteiger partial charge in [0.15, 0.2) is 0 Å². The highest BCUT2D eigenvalue weighted by Gasteiger charge is 2.22. The van der Waals surface area contributed by atoms with Crippen LogP contribution in [0.15, 0.2) is 54.7 Å². The number of anilines is 2. The van der Waals surface area contributed by atoms with E-state index in [9.17, 15) is 8.78 Å². The topological polar surface area (TPSA) is 41.0 Å². The highest BCUT2D eigenvalue weighted by molar-refractivity contribution is 7.21. The number of alkyl halides is 1. The van der Waals surface area contributed by atoms with Crippen LogP contribution in [-0.4, -0.2) is 36.3 Å². The Labute approximate surface area is 177 Å². The highest BCUT2D eigenvalue weighted by atomic mass is 32.1. The van der Waals surface area contributed by atoms with Crippen molar-refractivity contribution in [2.75, 3.05) is 30.4 Å². The van der Waals surface area contributed by atoms with Gasteiger partial charge in [-0.1, -0.05) is 6.07 Å². The van der Waals surface area contributed by atoms with Crippen LogP contribution in [0.3, 0.4) is 0 Å². The summed E-state index contributed by atoms with van der Waals surface area (Å²) in [5.41, 5.74) is 3.05. The largest absolute Gasteiger partial charge is 0.386 e. The average Bonchev–Trinajstić information content (AvgIpc) is 3.39. The van der Waals surface area contributed by atoms with E-state index in [2.05, 4.69) is 10.3 Å². The molecule has 4 heterocycles. The lowest BCUT2D eigenvalue weighted by Gasteiger charge is -2.16. The van der Waals surface area contributed by atoms with E-state index in [0.29, 0.717) is 25.2 Å². The predicted octanol–water partition coefficient (Wildman–Crippen LogP) is 5.75. The van der Waals surface area contributed by atoms with Gasteiger partial charge in [0.05, 0.1) is 17.9 Å². The summed E-state index contributed by atoms with van der Waals surface area (Å²) in [5, 5.41) is 3.86. The molecule has 1 N–H and O–H groups in total. The molecule has 1 atom stereocenters. The first-order valence-electron chi connectivity index (χ1n) is 9.84. The first-order chi connectivity index (χ1) is 14.6. The van der Waals surface area contributed by atoms with Crippen molar-refractivity contribution in [3.63, 3.8) is 0 Å². The van der Waals surface area contributed by atoms with E-state index in [4.69, 9.17) is 4.98 Å². The minimum absolute atomic E-state index is 0.274. The minimum atomic E-state index is -0.772. The zero-order chi connectivity index (χ0) is 20.7. The van der Waals surface area contributed by atoms with Gasteiger partial charge in [0.25, 0.3) is 0 Å². The third kappa shape index (κ3) is 3.50. The molecule has 0 radical (unpaired) electrons. The lowest BCUT2D eigenvalue weighted by molar-refractivity contribution is 0.364. The van der Waals surface area contributed by atoms with Gasteiger partial charge in [-0.3, -0.25) is 0 Å². The van der Waals surface area contributed by atoms with Crippen LogP contribution in [0.1, 0.15) is 6.42 Å². The van der Waals surface area contributed by atoms with Crippen LogP contribution < -0.4 is 10.2 Å². The standard InChI is InChI=1S/C23H20F2N4S/c1-26-20-6-2-14(10-18(20)25)21-11-15-3-5-19(28-23(15)30-21)16-4-7-22(27-12-16)29-9-8-17(24)13-29/h2-7,10-12,17,26H,8-9,13H2,1H3/t17-/m1/s1. The van der Waals surface area contributed by atoms with Crippen molar-refractivity contribution in [3.8, 4) is 21.7 Å². The summed E-state index contributed by atoms with van der Waals surface area (Å²) < 4.78 is 27.6. The second-order valence-corrected chi connectivity index (χ2v) is 8.41. The summed E-state index contributed by atoms with van der Waals surface area (Å²) in [6.07, 6.45) is 1.57. The van der Waals surface area contributed by atoms with E-state index >= 15 is 0 Å². The van der Waals surface area contributed by atoms with E-state index in [1.54, 1.807) is 25.4 Å². The molecule has 1 aromatic carbocycles. The molecule has 1 saturated heterocycles. The molecule has 0 spiro atoms. The minimum Gasteiger partial charge on any atom is -0.386 e. The Balaban J connectivity index is 1.43. The van der Waals surface area contributed by atoms with Gasteiger partial charge in [0.1, 0.15) is 22.6 Å². The summed E-state index contributed by atoms with van der Waals surface area (Å²) in [6.45, 7) is 1.11. The van der Waals surface area contributed by atoms with Crippen molar-refractivity contribution in [2.45, 2.75) is 12.6 Å². The maximum absolute atomic E-state index is 14.1. The van der Waals surface area contributed by atoms with E-state index < -0.39 is 6.17 Å². The molecule has 1 aliphatic rings. The number of nitrogens with one attached hydrogen (secondary N) is 1. The van der Waals surface area contributed by atoms with Crippen LogP contribution in [0, 0.1) is 5.82 Å². The normalized spacial score (nSPS) is 16.4. The summed E-state index contributed by atoms with van der Waals surface area (Å²) in [5.74, 6) is 0.523. The quantitative estimate of drug-likeness (QED) is 0.454. The molecule has 4 nitrogen and oxygen atoms in total. The second kappa shape index (κ2) is 7.65. The van der Waals surface area contributed by atoms with Crippen LogP contribution in [-0.2, 0) is 0 Å². The number of nitrogens with zero attached hydrogens (tertiary/aromatic N) is 3. The summed E-state index contributed by atoms with van der Waals surface area (Å²) >= 11 is 1.54. The number of benzene rings is 1. The number of aromatic nitrogens is 2. The second-order valence-electron chi connectivity index (χ2n) is 7.38. The van der Waals surface area contributed by atoms with Gasteiger partial charge in [-0.05, 0) is 54.4 Å². The Bertz CT molecular complexity index is 1210. The number of fused-ring (bicyclic) bond motifs is 1. The molecule has 7 heteroatoms. The number of rotatable bonds is 4. The molecule has 30 heavy (non-hydrogen) atoms. The van der Waals surface area contributed by atoms with Gasteiger partial charge < -0.3 is 10.2 Å². The number of pyridine rings is 2. The smallest absolute Gasteiger partial charge is 0.146 e. The average molecular weight is 423 g/mol. The zero-order valence-corrected chi connectivity index (χ0v) is 17.2. The third-order valence-electron chi connectivity index (χ3n) is 5.40. The summed E-state index contributed by atoms with van der Waals surface area (Å²) in [7, 11) is 1.70. The fraction of sp³-hybridized carbons (Fsp3) is 0.217. The van der Waals surface area contributed by atoms with Gasteiger partial charge in [-0.25, -0.2) is 18.7 Å². The monoisotopic (exact) mass is 422 g/mol. The van der Waals surface area contributed by atoms with Crippen LogP contribution in [0.25, 0.3) is 31.9 Å². The number of thiophene rings is 1.